The first-order chi connectivity index (χ1) is 9.02. The summed E-state index contributed by atoms with van der Waals surface area (Å²) in [5, 5.41) is 10.7. The van der Waals surface area contributed by atoms with Gasteiger partial charge in [-0.1, -0.05) is 5.92 Å². The van der Waals surface area contributed by atoms with E-state index in [1.807, 2.05) is 0 Å². The highest BCUT2D eigenvalue weighted by Crippen LogP contribution is 2.30. The number of carbonyl (C=O) groups is 1. The molecular weight excluding hydrogens is 246 g/mol. The molecule has 0 unspecified atom stereocenters. The van der Waals surface area contributed by atoms with Crippen molar-refractivity contribution >= 4 is 11.6 Å². The minimum absolute atomic E-state index is 0.0853. The first kappa shape index (κ1) is 13.1. The molecule has 0 bridgehead atoms. The molecule has 1 aromatic heterocycles. The van der Waals surface area contributed by atoms with Crippen molar-refractivity contribution in [2.45, 2.75) is 12.8 Å². The van der Waals surface area contributed by atoms with E-state index in [1.54, 1.807) is 11.9 Å². The number of terminal acetylenes is 1. The Kier molecular flexibility index (Phi) is 3.56. The molecule has 0 N–H and O–H groups in total. The number of nitrogens with zero attached hydrogens (tertiary/aromatic N) is 3. The van der Waals surface area contributed by atoms with Crippen molar-refractivity contribution in [1.82, 2.24) is 9.47 Å². The highest BCUT2D eigenvalue weighted by molar-refractivity contribution is 5.93. The zero-order valence-electron chi connectivity index (χ0n) is 10.7. The SMILES string of the molecule is C#CCN(CC1CC1)C(=O)c1cc([N+](=O)[O-])cn1C. The lowest BCUT2D eigenvalue weighted by Gasteiger charge is -2.20. The van der Waals surface area contributed by atoms with E-state index in [4.69, 9.17) is 6.42 Å². The molecule has 1 aliphatic rings. The number of rotatable bonds is 5. The van der Waals surface area contributed by atoms with Crippen LogP contribution in [0.5, 0.6) is 0 Å². The zero-order valence-corrected chi connectivity index (χ0v) is 10.7. The Morgan fingerprint density at radius 2 is 2.37 bits per heavy atom. The normalized spacial score (nSPS) is 13.9. The number of carbonyl (C=O) groups excluding carboxylic acids is 1. The van der Waals surface area contributed by atoms with Gasteiger partial charge in [-0.3, -0.25) is 14.9 Å². The third-order valence-electron chi connectivity index (χ3n) is 3.17. The molecule has 6 nitrogen and oxygen atoms in total. The molecule has 0 aromatic carbocycles. The van der Waals surface area contributed by atoms with Gasteiger partial charge in [0.1, 0.15) is 5.69 Å². The summed E-state index contributed by atoms with van der Waals surface area (Å²) >= 11 is 0. The second kappa shape index (κ2) is 5.14. The third-order valence-corrected chi connectivity index (χ3v) is 3.17. The maximum atomic E-state index is 12.3. The summed E-state index contributed by atoms with van der Waals surface area (Å²) in [6, 6.07) is 1.29. The molecule has 1 fully saturated rings. The summed E-state index contributed by atoms with van der Waals surface area (Å²) < 4.78 is 1.47. The second-order valence-corrected chi connectivity index (χ2v) is 4.78. The van der Waals surface area contributed by atoms with E-state index in [0.29, 0.717) is 18.2 Å². The van der Waals surface area contributed by atoms with Crippen molar-refractivity contribution < 1.29 is 9.72 Å². The average Bonchev–Trinajstić information content (AvgIpc) is 3.08. The Morgan fingerprint density at radius 1 is 1.68 bits per heavy atom. The third kappa shape index (κ3) is 2.94. The molecular formula is C13H15N3O3. The Labute approximate surface area is 111 Å². The summed E-state index contributed by atoms with van der Waals surface area (Å²) in [4.78, 5) is 24.1. The fourth-order valence-corrected chi connectivity index (χ4v) is 1.96. The maximum absolute atomic E-state index is 12.3. The molecule has 6 heteroatoms. The Morgan fingerprint density at radius 3 is 2.84 bits per heavy atom. The number of aryl methyl sites for hydroxylation is 1. The molecule has 0 aliphatic heterocycles. The van der Waals surface area contributed by atoms with Crippen LogP contribution in [0.1, 0.15) is 23.3 Å². The van der Waals surface area contributed by atoms with Crippen molar-refractivity contribution in [2.75, 3.05) is 13.1 Å². The molecule has 0 radical (unpaired) electrons. The molecule has 0 saturated heterocycles. The lowest BCUT2D eigenvalue weighted by Crippen LogP contribution is -2.34. The summed E-state index contributed by atoms with van der Waals surface area (Å²) in [6.07, 6.45) is 8.83. The largest absolute Gasteiger partial charge is 0.340 e. The van der Waals surface area contributed by atoms with E-state index in [2.05, 4.69) is 5.92 Å². The van der Waals surface area contributed by atoms with Crippen LogP contribution < -0.4 is 0 Å². The first-order valence-electron chi connectivity index (χ1n) is 6.06. The minimum Gasteiger partial charge on any atom is -0.340 e. The fraction of sp³-hybridized carbons (Fsp3) is 0.462. The summed E-state index contributed by atoms with van der Waals surface area (Å²) in [5.41, 5.74) is 0.209. The molecule has 1 aromatic rings. The molecule has 1 heterocycles. The van der Waals surface area contributed by atoms with Crippen LogP contribution in [0.2, 0.25) is 0 Å². The van der Waals surface area contributed by atoms with Gasteiger partial charge < -0.3 is 9.47 Å². The summed E-state index contributed by atoms with van der Waals surface area (Å²) in [6.45, 7) is 0.857. The van der Waals surface area contributed by atoms with Crippen molar-refractivity contribution in [3.05, 3.63) is 28.1 Å². The minimum atomic E-state index is -0.511. The van der Waals surface area contributed by atoms with Crippen LogP contribution in [-0.4, -0.2) is 33.4 Å². The van der Waals surface area contributed by atoms with Crippen LogP contribution in [0.15, 0.2) is 12.3 Å². The van der Waals surface area contributed by atoms with Gasteiger partial charge in [-0.2, -0.15) is 0 Å². The molecule has 100 valence electrons. The van der Waals surface area contributed by atoms with Crippen LogP contribution in [0.25, 0.3) is 0 Å². The number of aromatic nitrogens is 1. The standard InChI is InChI=1S/C13H15N3O3/c1-3-6-15(8-10-4-5-10)13(17)12-7-11(16(18)19)9-14(12)2/h1,7,9-10H,4-6,8H2,2H3. The van der Waals surface area contributed by atoms with Gasteiger partial charge in [-0.25, -0.2) is 0 Å². The van der Waals surface area contributed by atoms with Gasteiger partial charge in [0.25, 0.3) is 11.6 Å². The van der Waals surface area contributed by atoms with E-state index in [9.17, 15) is 14.9 Å². The number of hydrogen-bond acceptors (Lipinski definition) is 3. The Balaban J connectivity index is 2.20. The molecule has 1 saturated carbocycles. The van der Waals surface area contributed by atoms with Gasteiger partial charge in [0.2, 0.25) is 0 Å². The first-order valence-corrected chi connectivity index (χ1v) is 6.06. The lowest BCUT2D eigenvalue weighted by atomic mass is 10.3. The predicted molar refractivity (Wildman–Crippen MR) is 69.5 cm³/mol. The van der Waals surface area contributed by atoms with Crippen LogP contribution in [0.4, 0.5) is 5.69 Å². The Hall–Kier alpha value is -2.29. The molecule has 1 amide bonds. The van der Waals surface area contributed by atoms with Crippen molar-refractivity contribution in [2.24, 2.45) is 13.0 Å². The highest BCUT2D eigenvalue weighted by Gasteiger charge is 2.28. The summed E-state index contributed by atoms with van der Waals surface area (Å²) in [7, 11) is 1.62. The second-order valence-electron chi connectivity index (χ2n) is 4.78. The van der Waals surface area contributed by atoms with Gasteiger partial charge in [0.05, 0.1) is 17.7 Å². The zero-order chi connectivity index (χ0) is 14.0. The lowest BCUT2D eigenvalue weighted by molar-refractivity contribution is -0.384. The van der Waals surface area contributed by atoms with E-state index in [-0.39, 0.29) is 18.1 Å². The predicted octanol–water partition coefficient (Wildman–Crippen LogP) is 1.42. The number of hydrogen-bond donors (Lipinski definition) is 0. The van der Waals surface area contributed by atoms with Crippen LogP contribution in [-0.2, 0) is 7.05 Å². The monoisotopic (exact) mass is 261 g/mol. The number of nitro groups is 1. The van der Waals surface area contributed by atoms with Gasteiger partial charge >= 0.3 is 0 Å². The molecule has 19 heavy (non-hydrogen) atoms. The fourth-order valence-electron chi connectivity index (χ4n) is 1.96. The Bertz CT molecular complexity index is 552. The molecule has 1 aliphatic carbocycles. The smallest absolute Gasteiger partial charge is 0.287 e. The topological polar surface area (TPSA) is 68.4 Å². The molecule has 0 spiro atoms. The van der Waals surface area contributed by atoms with Crippen molar-refractivity contribution in [3.63, 3.8) is 0 Å². The van der Waals surface area contributed by atoms with Gasteiger partial charge in [0.15, 0.2) is 0 Å². The molecule has 0 atom stereocenters. The van der Waals surface area contributed by atoms with E-state index < -0.39 is 4.92 Å². The van der Waals surface area contributed by atoms with E-state index in [1.165, 1.54) is 16.8 Å². The van der Waals surface area contributed by atoms with Crippen LogP contribution >= 0.6 is 0 Å². The average molecular weight is 261 g/mol. The van der Waals surface area contributed by atoms with E-state index in [0.717, 1.165) is 12.8 Å². The highest BCUT2D eigenvalue weighted by atomic mass is 16.6. The quantitative estimate of drug-likeness (QED) is 0.457. The maximum Gasteiger partial charge on any atom is 0.287 e. The van der Waals surface area contributed by atoms with Crippen LogP contribution in [0.3, 0.4) is 0 Å². The molecule has 2 rings (SSSR count). The van der Waals surface area contributed by atoms with Crippen molar-refractivity contribution in [1.29, 1.82) is 0 Å². The van der Waals surface area contributed by atoms with Crippen LogP contribution in [0, 0.1) is 28.4 Å². The number of amides is 1. The van der Waals surface area contributed by atoms with Crippen molar-refractivity contribution in [3.8, 4) is 12.3 Å². The summed E-state index contributed by atoms with van der Waals surface area (Å²) in [5.74, 6) is 2.73. The van der Waals surface area contributed by atoms with Gasteiger partial charge in [-0.15, -0.1) is 6.42 Å². The van der Waals surface area contributed by atoms with Gasteiger partial charge in [0, 0.05) is 19.7 Å². The van der Waals surface area contributed by atoms with E-state index >= 15 is 0 Å². The van der Waals surface area contributed by atoms with Gasteiger partial charge in [-0.05, 0) is 18.8 Å².